The van der Waals surface area contributed by atoms with E-state index in [1.807, 2.05) is 43.3 Å². The lowest BCUT2D eigenvalue weighted by Gasteiger charge is -2.09. The Bertz CT molecular complexity index is 807. The predicted molar refractivity (Wildman–Crippen MR) is 84.0 cm³/mol. The molecule has 106 valence electrons. The second-order valence-corrected chi connectivity index (χ2v) is 4.98. The molecule has 1 amide bonds. The highest BCUT2D eigenvalue weighted by atomic mass is 16.2. The molecule has 0 unspecified atom stereocenters. The highest BCUT2D eigenvalue weighted by Crippen LogP contribution is 2.18. The van der Waals surface area contributed by atoms with Crippen LogP contribution in [0.5, 0.6) is 0 Å². The first-order chi connectivity index (χ1) is 10.1. The first kappa shape index (κ1) is 13.2. The van der Waals surface area contributed by atoms with Gasteiger partial charge in [0, 0.05) is 16.8 Å². The molecule has 0 saturated carbocycles. The van der Waals surface area contributed by atoms with E-state index in [9.17, 15) is 4.79 Å². The molecule has 3 rings (SSSR count). The summed E-state index contributed by atoms with van der Waals surface area (Å²) in [4.78, 5) is 12.2. The average molecular weight is 280 g/mol. The number of nitrogens with two attached hydrogens (primary N) is 1. The van der Waals surface area contributed by atoms with Gasteiger partial charge >= 0.3 is 0 Å². The Labute approximate surface area is 122 Å². The standard InChI is InChI=1S/C16H16N4O/c1-11-6-7-13(17)8-14(11)19-16(21)10-20-15-5-3-2-4-12(15)9-18-20/h2-9H,10,17H2,1H3,(H,19,21). The van der Waals surface area contributed by atoms with Gasteiger partial charge in [0.2, 0.25) is 5.91 Å². The summed E-state index contributed by atoms with van der Waals surface area (Å²) in [6, 6.07) is 13.2. The summed E-state index contributed by atoms with van der Waals surface area (Å²) < 4.78 is 1.69. The number of carbonyl (C=O) groups excluding carboxylic acids is 1. The van der Waals surface area contributed by atoms with Crippen molar-refractivity contribution >= 4 is 28.2 Å². The summed E-state index contributed by atoms with van der Waals surface area (Å²) in [6.07, 6.45) is 1.76. The van der Waals surface area contributed by atoms with Crippen LogP contribution in [0.15, 0.2) is 48.7 Å². The molecule has 2 aromatic carbocycles. The summed E-state index contributed by atoms with van der Waals surface area (Å²) in [5.41, 5.74) is 9.02. The second kappa shape index (κ2) is 5.28. The van der Waals surface area contributed by atoms with Crippen LogP contribution in [0.25, 0.3) is 10.9 Å². The Hall–Kier alpha value is -2.82. The number of amides is 1. The maximum Gasteiger partial charge on any atom is 0.246 e. The molecule has 0 aliphatic rings. The van der Waals surface area contributed by atoms with E-state index in [2.05, 4.69) is 10.4 Å². The third-order valence-electron chi connectivity index (χ3n) is 3.38. The van der Waals surface area contributed by atoms with Gasteiger partial charge < -0.3 is 11.1 Å². The maximum absolute atomic E-state index is 12.2. The highest BCUT2D eigenvalue weighted by molar-refractivity contribution is 5.92. The smallest absolute Gasteiger partial charge is 0.246 e. The Kier molecular flexibility index (Phi) is 3.31. The fraction of sp³-hybridized carbons (Fsp3) is 0.125. The molecule has 5 nitrogen and oxygen atoms in total. The van der Waals surface area contributed by atoms with Crippen LogP contribution in [0.3, 0.4) is 0 Å². The maximum atomic E-state index is 12.2. The molecule has 0 saturated heterocycles. The minimum absolute atomic E-state index is 0.127. The van der Waals surface area contributed by atoms with Crippen molar-refractivity contribution in [2.75, 3.05) is 11.1 Å². The van der Waals surface area contributed by atoms with Crippen molar-refractivity contribution in [2.45, 2.75) is 13.5 Å². The summed E-state index contributed by atoms with van der Waals surface area (Å²) in [5, 5.41) is 8.14. The number of nitrogens with one attached hydrogen (secondary N) is 1. The van der Waals surface area contributed by atoms with E-state index in [1.54, 1.807) is 16.9 Å². The molecule has 0 aliphatic heterocycles. The summed E-state index contributed by atoms with van der Waals surface area (Å²) >= 11 is 0. The van der Waals surface area contributed by atoms with Crippen molar-refractivity contribution in [3.8, 4) is 0 Å². The molecule has 3 aromatic rings. The third-order valence-corrected chi connectivity index (χ3v) is 3.38. The molecule has 0 radical (unpaired) electrons. The second-order valence-electron chi connectivity index (χ2n) is 4.98. The monoisotopic (exact) mass is 280 g/mol. The molecule has 0 bridgehead atoms. The fourth-order valence-electron chi connectivity index (χ4n) is 2.25. The molecule has 0 spiro atoms. The molecule has 1 heterocycles. The van der Waals surface area contributed by atoms with Gasteiger partial charge in [-0.25, -0.2) is 0 Å². The van der Waals surface area contributed by atoms with E-state index in [4.69, 9.17) is 5.73 Å². The lowest BCUT2D eigenvalue weighted by atomic mass is 10.2. The average Bonchev–Trinajstić information content (AvgIpc) is 2.86. The van der Waals surface area contributed by atoms with Crippen LogP contribution < -0.4 is 11.1 Å². The number of fused-ring (bicyclic) bond motifs is 1. The molecule has 1 aromatic heterocycles. The number of benzene rings is 2. The van der Waals surface area contributed by atoms with Gasteiger partial charge in [-0.1, -0.05) is 24.3 Å². The zero-order valence-corrected chi connectivity index (χ0v) is 11.7. The summed E-state index contributed by atoms with van der Waals surface area (Å²) in [6.45, 7) is 2.10. The number of carbonyl (C=O) groups is 1. The number of nitrogens with zero attached hydrogens (tertiary/aromatic N) is 2. The Morgan fingerprint density at radius 1 is 1.29 bits per heavy atom. The Balaban J connectivity index is 1.79. The van der Waals surface area contributed by atoms with Crippen LogP contribution in [-0.2, 0) is 11.3 Å². The lowest BCUT2D eigenvalue weighted by Crippen LogP contribution is -2.20. The minimum atomic E-state index is -0.127. The van der Waals surface area contributed by atoms with Crippen LogP contribution in [-0.4, -0.2) is 15.7 Å². The normalized spacial score (nSPS) is 10.7. The van der Waals surface area contributed by atoms with Crippen molar-refractivity contribution in [3.63, 3.8) is 0 Å². The summed E-state index contributed by atoms with van der Waals surface area (Å²) in [7, 11) is 0. The molecular formula is C16H16N4O. The molecule has 0 fully saturated rings. The van der Waals surface area contributed by atoms with E-state index in [-0.39, 0.29) is 12.5 Å². The van der Waals surface area contributed by atoms with Crippen LogP contribution >= 0.6 is 0 Å². The number of aromatic nitrogens is 2. The van der Waals surface area contributed by atoms with Gasteiger partial charge in [0.1, 0.15) is 6.54 Å². The molecule has 0 aliphatic carbocycles. The Morgan fingerprint density at radius 3 is 2.95 bits per heavy atom. The zero-order valence-electron chi connectivity index (χ0n) is 11.7. The molecule has 21 heavy (non-hydrogen) atoms. The number of anilines is 2. The van der Waals surface area contributed by atoms with Crippen molar-refractivity contribution in [2.24, 2.45) is 0 Å². The van der Waals surface area contributed by atoms with E-state index in [1.165, 1.54) is 0 Å². The number of rotatable bonds is 3. The van der Waals surface area contributed by atoms with Gasteiger partial charge in [-0.2, -0.15) is 5.10 Å². The van der Waals surface area contributed by atoms with E-state index in [0.717, 1.165) is 22.2 Å². The van der Waals surface area contributed by atoms with Crippen molar-refractivity contribution in [1.29, 1.82) is 0 Å². The van der Waals surface area contributed by atoms with Crippen molar-refractivity contribution < 1.29 is 4.79 Å². The minimum Gasteiger partial charge on any atom is -0.399 e. The number of aryl methyl sites for hydroxylation is 1. The SMILES string of the molecule is Cc1ccc(N)cc1NC(=O)Cn1ncc2ccccc21. The van der Waals surface area contributed by atoms with E-state index >= 15 is 0 Å². The van der Waals surface area contributed by atoms with E-state index in [0.29, 0.717) is 5.69 Å². The van der Waals surface area contributed by atoms with Gasteiger partial charge in [0.05, 0.1) is 11.7 Å². The highest BCUT2D eigenvalue weighted by Gasteiger charge is 2.09. The number of para-hydroxylation sites is 1. The van der Waals surface area contributed by atoms with Crippen LogP contribution in [0.1, 0.15) is 5.56 Å². The quantitative estimate of drug-likeness (QED) is 0.724. The fourth-order valence-corrected chi connectivity index (χ4v) is 2.25. The largest absolute Gasteiger partial charge is 0.399 e. The third kappa shape index (κ3) is 2.72. The molecular weight excluding hydrogens is 264 g/mol. The van der Waals surface area contributed by atoms with Crippen molar-refractivity contribution in [1.82, 2.24) is 9.78 Å². The van der Waals surface area contributed by atoms with Crippen LogP contribution in [0.2, 0.25) is 0 Å². The van der Waals surface area contributed by atoms with Gasteiger partial charge in [-0.3, -0.25) is 9.48 Å². The lowest BCUT2D eigenvalue weighted by molar-refractivity contribution is -0.116. The van der Waals surface area contributed by atoms with Gasteiger partial charge in [0.15, 0.2) is 0 Å². The number of hydrogen-bond donors (Lipinski definition) is 2. The Morgan fingerprint density at radius 2 is 2.10 bits per heavy atom. The molecule has 0 atom stereocenters. The van der Waals surface area contributed by atoms with E-state index < -0.39 is 0 Å². The van der Waals surface area contributed by atoms with Crippen LogP contribution in [0.4, 0.5) is 11.4 Å². The molecule has 3 N–H and O–H groups in total. The number of nitrogen functional groups attached to an aromatic ring is 1. The topological polar surface area (TPSA) is 72.9 Å². The number of hydrogen-bond acceptors (Lipinski definition) is 3. The first-order valence-corrected chi connectivity index (χ1v) is 6.70. The summed E-state index contributed by atoms with van der Waals surface area (Å²) in [5.74, 6) is -0.127. The predicted octanol–water partition coefficient (Wildman–Crippen LogP) is 2.57. The van der Waals surface area contributed by atoms with Gasteiger partial charge in [-0.15, -0.1) is 0 Å². The van der Waals surface area contributed by atoms with Crippen molar-refractivity contribution in [3.05, 3.63) is 54.2 Å². The zero-order chi connectivity index (χ0) is 14.8. The first-order valence-electron chi connectivity index (χ1n) is 6.70. The van der Waals surface area contributed by atoms with Crippen LogP contribution in [0, 0.1) is 6.92 Å². The molecule has 5 heteroatoms. The van der Waals surface area contributed by atoms with Gasteiger partial charge in [-0.05, 0) is 30.7 Å². The van der Waals surface area contributed by atoms with Gasteiger partial charge in [0.25, 0.3) is 0 Å².